The Morgan fingerprint density at radius 1 is 0.636 bits per heavy atom. The predicted molar refractivity (Wildman–Crippen MR) is 132 cm³/mol. The molecule has 1 heterocycles. The summed E-state index contributed by atoms with van der Waals surface area (Å²) in [5.41, 5.74) is 6.03. The summed E-state index contributed by atoms with van der Waals surface area (Å²) < 4.78 is 0. The Labute approximate surface area is 194 Å². The van der Waals surface area contributed by atoms with E-state index in [0.717, 1.165) is 33.5 Å². The van der Waals surface area contributed by atoms with E-state index in [-0.39, 0.29) is 18.1 Å². The number of pyridine rings is 1. The van der Waals surface area contributed by atoms with Crippen LogP contribution in [0.3, 0.4) is 0 Å². The monoisotopic (exact) mass is 434 g/mol. The first-order valence-corrected chi connectivity index (χ1v) is 11.1. The fraction of sp³-hybridized carbons (Fsp3) is 0.138. The molecule has 0 aliphatic heterocycles. The molecule has 1 N–H and O–H groups in total. The van der Waals surface area contributed by atoms with Gasteiger partial charge in [0.25, 0.3) is 0 Å². The first kappa shape index (κ1) is 22.2. The molecule has 0 saturated carbocycles. The van der Waals surface area contributed by atoms with Crippen LogP contribution in [0.5, 0.6) is 0 Å². The van der Waals surface area contributed by atoms with E-state index in [1.165, 1.54) is 0 Å². The number of hydrogen-bond acceptors (Lipinski definition) is 4. The van der Waals surface area contributed by atoms with Crippen LogP contribution in [-0.4, -0.2) is 23.1 Å². The maximum atomic E-state index is 12.6. The van der Waals surface area contributed by atoms with Crippen molar-refractivity contribution in [3.8, 4) is 11.1 Å². The molecule has 0 unspecified atom stereocenters. The molecule has 0 radical (unpaired) electrons. The third kappa shape index (κ3) is 6.47. The van der Waals surface area contributed by atoms with Crippen molar-refractivity contribution < 1.29 is 9.59 Å². The number of nitrogens with zero attached hydrogens (tertiary/aromatic N) is 1. The van der Waals surface area contributed by atoms with Crippen LogP contribution in [0.1, 0.15) is 16.7 Å². The topological polar surface area (TPSA) is 59.1 Å². The molecule has 0 spiro atoms. The predicted octanol–water partition coefficient (Wildman–Crippen LogP) is 5.33. The van der Waals surface area contributed by atoms with E-state index in [9.17, 15) is 9.59 Å². The molecule has 4 nitrogen and oxygen atoms in total. The first-order valence-electron chi connectivity index (χ1n) is 11.1. The summed E-state index contributed by atoms with van der Waals surface area (Å²) in [6.45, 7) is 0.253. The van der Waals surface area contributed by atoms with Crippen molar-refractivity contribution in [2.75, 3.05) is 11.9 Å². The van der Waals surface area contributed by atoms with Gasteiger partial charge in [0.2, 0.25) is 0 Å². The molecule has 4 rings (SSSR count). The first-order chi connectivity index (χ1) is 16.2. The minimum absolute atomic E-state index is 0.120. The van der Waals surface area contributed by atoms with Gasteiger partial charge >= 0.3 is 0 Å². The van der Waals surface area contributed by atoms with Crippen LogP contribution in [0.4, 0.5) is 5.69 Å². The van der Waals surface area contributed by atoms with Crippen molar-refractivity contribution in [3.05, 3.63) is 120 Å². The van der Waals surface area contributed by atoms with Crippen molar-refractivity contribution in [2.45, 2.75) is 19.3 Å². The molecule has 4 aromatic rings. The molecule has 0 amide bonds. The number of hydrogen-bond donors (Lipinski definition) is 1. The number of aromatic nitrogens is 1. The molecule has 164 valence electrons. The highest BCUT2D eigenvalue weighted by Gasteiger charge is 2.10. The number of carbonyl (C=O) groups excluding carboxylic acids is 2. The van der Waals surface area contributed by atoms with Gasteiger partial charge in [-0.25, -0.2) is 0 Å². The van der Waals surface area contributed by atoms with Crippen molar-refractivity contribution in [1.82, 2.24) is 4.98 Å². The molecule has 0 saturated heterocycles. The maximum absolute atomic E-state index is 12.6. The van der Waals surface area contributed by atoms with Gasteiger partial charge in [-0.1, -0.05) is 66.7 Å². The zero-order chi connectivity index (χ0) is 22.9. The lowest BCUT2D eigenvalue weighted by Crippen LogP contribution is -2.16. The smallest absolute Gasteiger partial charge is 0.156 e. The van der Waals surface area contributed by atoms with E-state index in [1.54, 1.807) is 12.4 Å². The highest BCUT2D eigenvalue weighted by Crippen LogP contribution is 2.24. The van der Waals surface area contributed by atoms with E-state index in [0.29, 0.717) is 19.3 Å². The SMILES string of the molecule is O=C(Cc1ccncc1)Cc1ccc(NCC(=O)Cc2ccccc2-c2ccccc2)cc1. The molecule has 0 bridgehead atoms. The summed E-state index contributed by atoms with van der Waals surface area (Å²) in [4.78, 5) is 28.9. The van der Waals surface area contributed by atoms with Gasteiger partial charge in [0.1, 0.15) is 5.78 Å². The van der Waals surface area contributed by atoms with E-state index >= 15 is 0 Å². The second-order valence-corrected chi connectivity index (χ2v) is 8.04. The van der Waals surface area contributed by atoms with Gasteiger partial charge in [-0.2, -0.15) is 0 Å². The number of benzene rings is 3. The minimum atomic E-state index is 0.120. The summed E-state index contributed by atoms with van der Waals surface area (Å²) in [5.74, 6) is 0.282. The van der Waals surface area contributed by atoms with Gasteiger partial charge in [-0.3, -0.25) is 14.6 Å². The fourth-order valence-corrected chi connectivity index (χ4v) is 3.81. The van der Waals surface area contributed by atoms with Crippen molar-refractivity contribution in [2.24, 2.45) is 0 Å². The second-order valence-electron chi connectivity index (χ2n) is 8.04. The van der Waals surface area contributed by atoms with Crippen molar-refractivity contribution in [1.29, 1.82) is 0 Å². The number of Topliss-reactive ketones (excluding diaryl/α,β-unsaturated/α-hetero) is 2. The van der Waals surface area contributed by atoms with E-state index in [1.807, 2.05) is 72.8 Å². The standard InChI is InChI=1S/C29H26N2O2/c32-27(19-23-14-16-30-17-15-23)18-22-10-12-26(13-11-22)31-21-28(33)20-25-8-4-5-9-29(25)24-6-2-1-3-7-24/h1-17,31H,18-21H2. The van der Waals surface area contributed by atoms with Gasteiger partial charge in [-0.15, -0.1) is 0 Å². The Kier molecular flexibility index (Phi) is 7.39. The lowest BCUT2D eigenvalue weighted by atomic mass is 9.96. The van der Waals surface area contributed by atoms with Crippen LogP contribution < -0.4 is 5.32 Å². The van der Waals surface area contributed by atoms with E-state index in [4.69, 9.17) is 0 Å². The highest BCUT2D eigenvalue weighted by molar-refractivity contribution is 5.87. The van der Waals surface area contributed by atoms with E-state index < -0.39 is 0 Å². The zero-order valence-corrected chi connectivity index (χ0v) is 18.4. The normalized spacial score (nSPS) is 10.5. The largest absolute Gasteiger partial charge is 0.378 e. The van der Waals surface area contributed by atoms with Gasteiger partial charge in [-0.05, 0) is 52.1 Å². The van der Waals surface area contributed by atoms with E-state index in [2.05, 4.69) is 28.5 Å². The summed E-state index contributed by atoms with van der Waals surface area (Å²) in [5, 5.41) is 3.20. The van der Waals surface area contributed by atoms with Gasteiger partial charge in [0.05, 0.1) is 6.54 Å². The zero-order valence-electron chi connectivity index (χ0n) is 18.4. The number of ketones is 2. The fourth-order valence-electron chi connectivity index (χ4n) is 3.81. The lowest BCUT2D eigenvalue weighted by Gasteiger charge is -2.11. The summed E-state index contributed by atoms with van der Waals surface area (Å²) in [6, 6.07) is 29.6. The summed E-state index contributed by atoms with van der Waals surface area (Å²) in [6.07, 6.45) is 4.56. The Bertz CT molecular complexity index is 1200. The minimum Gasteiger partial charge on any atom is -0.378 e. The number of nitrogens with one attached hydrogen (secondary N) is 1. The van der Waals surface area contributed by atoms with Crippen LogP contribution in [0, 0.1) is 0 Å². The molecule has 1 aromatic heterocycles. The van der Waals surface area contributed by atoms with Crippen LogP contribution in [0.25, 0.3) is 11.1 Å². The number of anilines is 1. The van der Waals surface area contributed by atoms with Crippen LogP contribution in [0.15, 0.2) is 103 Å². The molecular weight excluding hydrogens is 408 g/mol. The molecular formula is C29H26N2O2. The molecule has 0 fully saturated rings. The number of carbonyl (C=O) groups is 2. The molecule has 4 heteroatoms. The van der Waals surface area contributed by atoms with Gasteiger partial charge in [0.15, 0.2) is 5.78 Å². The Morgan fingerprint density at radius 2 is 1.27 bits per heavy atom. The van der Waals surface area contributed by atoms with Crippen molar-refractivity contribution in [3.63, 3.8) is 0 Å². The maximum Gasteiger partial charge on any atom is 0.156 e. The molecule has 0 aliphatic carbocycles. The van der Waals surface area contributed by atoms with Crippen LogP contribution in [-0.2, 0) is 28.9 Å². The third-order valence-corrected chi connectivity index (χ3v) is 5.49. The molecule has 0 atom stereocenters. The Morgan fingerprint density at radius 3 is 2.00 bits per heavy atom. The van der Waals surface area contributed by atoms with Gasteiger partial charge < -0.3 is 5.32 Å². The second kappa shape index (κ2) is 11.0. The molecule has 3 aromatic carbocycles. The Hall–Kier alpha value is -4.05. The quantitative estimate of drug-likeness (QED) is 0.367. The molecule has 33 heavy (non-hydrogen) atoms. The van der Waals surface area contributed by atoms with Crippen LogP contribution >= 0.6 is 0 Å². The summed E-state index contributed by atoms with van der Waals surface area (Å²) >= 11 is 0. The summed E-state index contributed by atoms with van der Waals surface area (Å²) in [7, 11) is 0. The third-order valence-electron chi connectivity index (χ3n) is 5.49. The van der Waals surface area contributed by atoms with Crippen molar-refractivity contribution >= 4 is 17.3 Å². The molecule has 0 aliphatic rings. The lowest BCUT2D eigenvalue weighted by molar-refractivity contribution is -0.118. The average molecular weight is 435 g/mol. The highest BCUT2D eigenvalue weighted by atomic mass is 16.1. The average Bonchev–Trinajstić information content (AvgIpc) is 2.85. The Balaban J connectivity index is 1.29. The van der Waals surface area contributed by atoms with Gasteiger partial charge in [0, 0.05) is 37.3 Å². The number of rotatable bonds is 10. The van der Waals surface area contributed by atoms with Crippen LogP contribution in [0.2, 0.25) is 0 Å².